The number of aromatic amines is 1. The van der Waals surface area contributed by atoms with Gasteiger partial charge in [-0.05, 0) is 6.92 Å². The van der Waals surface area contributed by atoms with Gasteiger partial charge in [0.2, 0.25) is 0 Å². The first-order valence-corrected chi connectivity index (χ1v) is 7.25. The van der Waals surface area contributed by atoms with E-state index < -0.39 is 19.8 Å². The van der Waals surface area contributed by atoms with Crippen molar-refractivity contribution in [3.63, 3.8) is 0 Å². The zero-order valence-electron chi connectivity index (χ0n) is 10.4. The number of hydrogen-bond donors (Lipinski definition) is 4. The molecular weight excluding hydrogens is 292 g/mol. The number of rotatable bonds is 5. The summed E-state index contributed by atoms with van der Waals surface area (Å²) in [6.07, 6.45) is -0.770. The summed E-state index contributed by atoms with van der Waals surface area (Å²) in [5, 5.41) is 7.56. The smallest absolute Gasteiger partial charge is 0.340 e. The Hall–Kier alpha value is -1.61. The van der Waals surface area contributed by atoms with Crippen LogP contribution in [-0.4, -0.2) is 41.5 Å². The molecule has 2 aromatic rings. The summed E-state index contributed by atoms with van der Waals surface area (Å²) in [5.41, 5.74) is 0.847. The predicted octanol–water partition coefficient (Wildman–Crippen LogP) is 0.0748. The van der Waals surface area contributed by atoms with Gasteiger partial charge in [-0.3, -0.25) is 9.97 Å². The van der Waals surface area contributed by atoms with Crippen molar-refractivity contribution >= 4 is 18.8 Å². The highest BCUT2D eigenvalue weighted by Crippen LogP contribution is 2.43. The molecule has 0 saturated carbocycles. The van der Waals surface area contributed by atoms with E-state index in [9.17, 15) is 8.96 Å². The van der Waals surface area contributed by atoms with Crippen LogP contribution in [0.4, 0.5) is 4.39 Å². The average Bonchev–Trinajstić information content (AvgIpc) is 2.81. The van der Waals surface area contributed by atoms with E-state index in [0.717, 1.165) is 0 Å². The van der Waals surface area contributed by atoms with Crippen LogP contribution >= 0.6 is 7.60 Å². The zero-order valence-corrected chi connectivity index (χ0v) is 11.3. The topological polar surface area (TPSA) is 137 Å². The van der Waals surface area contributed by atoms with Crippen LogP contribution < -0.4 is 5.49 Å². The van der Waals surface area contributed by atoms with E-state index >= 15 is 0 Å². The number of aromatic nitrogens is 4. The van der Waals surface area contributed by atoms with Gasteiger partial charge in [0.15, 0.2) is 11.1 Å². The summed E-state index contributed by atoms with van der Waals surface area (Å²) in [4.78, 5) is 27.8. The van der Waals surface area contributed by atoms with Gasteiger partial charge in [0.1, 0.15) is 5.52 Å². The molecule has 2 unspecified atom stereocenters. The summed E-state index contributed by atoms with van der Waals surface area (Å²) in [5.74, 6) is 0. The normalized spacial score (nSPS) is 15.4. The molecule has 2 aromatic heterocycles. The monoisotopic (exact) mass is 305 g/mol. The van der Waals surface area contributed by atoms with Gasteiger partial charge in [0.25, 0.3) is 0 Å². The average molecular weight is 305 g/mol. The molecule has 0 aliphatic rings. The minimum absolute atomic E-state index is 0.0147. The molecule has 2 heterocycles. The fourth-order valence-corrected chi connectivity index (χ4v) is 2.02. The number of nitrogens with one attached hydrogen (secondary N) is 2. The second-order valence-electron chi connectivity index (χ2n) is 4.17. The van der Waals surface area contributed by atoms with E-state index in [2.05, 4.69) is 19.7 Å². The summed E-state index contributed by atoms with van der Waals surface area (Å²) in [6.45, 7) is 1.54. The Morgan fingerprint density at radius 3 is 2.95 bits per heavy atom. The number of fused-ring (bicyclic) bond motifs is 1. The molecule has 110 valence electrons. The molecule has 0 aliphatic carbocycles. The lowest BCUT2D eigenvalue weighted by atomic mass is 10.4. The number of imidazole rings is 1. The maximum Gasteiger partial charge on any atom is 0.386 e. The Morgan fingerprint density at radius 2 is 2.30 bits per heavy atom. The van der Waals surface area contributed by atoms with Crippen molar-refractivity contribution in [1.29, 1.82) is 5.41 Å². The summed E-state index contributed by atoms with van der Waals surface area (Å²) >= 11 is 0. The fraction of sp³-hybridized carbons (Fsp3) is 0.444. The third kappa shape index (κ3) is 3.10. The van der Waals surface area contributed by atoms with Crippen LogP contribution in [-0.2, 0) is 15.8 Å². The van der Waals surface area contributed by atoms with Gasteiger partial charge < -0.3 is 24.1 Å². The van der Waals surface area contributed by atoms with Crippen molar-refractivity contribution in [1.82, 2.24) is 19.5 Å². The van der Waals surface area contributed by atoms with Crippen LogP contribution in [0.2, 0.25) is 0 Å². The lowest BCUT2D eigenvalue weighted by Gasteiger charge is -2.18. The van der Waals surface area contributed by atoms with Gasteiger partial charge in [-0.15, -0.1) is 0 Å². The molecule has 9 nitrogen and oxygen atoms in total. The van der Waals surface area contributed by atoms with Crippen LogP contribution in [0.25, 0.3) is 11.2 Å². The van der Waals surface area contributed by atoms with Gasteiger partial charge in [-0.2, -0.15) is 0 Å². The minimum atomic E-state index is -4.92. The number of ether oxygens (including phenoxy) is 1. The van der Waals surface area contributed by atoms with Crippen molar-refractivity contribution in [2.24, 2.45) is 0 Å². The van der Waals surface area contributed by atoms with Gasteiger partial charge in [0.05, 0.1) is 25.3 Å². The van der Waals surface area contributed by atoms with Crippen molar-refractivity contribution in [3.05, 3.63) is 18.1 Å². The van der Waals surface area contributed by atoms with Crippen LogP contribution in [0.3, 0.4) is 0 Å². The highest BCUT2D eigenvalue weighted by Gasteiger charge is 2.31. The molecular formula is C9H13FN5O4P. The SMILES string of the molecule is CC(Cn1cnc(=N)c2[nH]cnc21)OC(F)P(=O)(O)O. The van der Waals surface area contributed by atoms with Gasteiger partial charge >= 0.3 is 13.7 Å². The molecule has 2 atom stereocenters. The first-order valence-electron chi connectivity index (χ1n) is 5.57. The van der Waals surface area contributed by atoms with Crippen molar-refractivity contribution in [3.8, 4) is 0 Å². The third-order valence-corrected chi connectivity index (χ3v) is 3.17. The molecule has 20 heavy (non-hydrogen) atoms. The third-order valence-electron chi connectivity index (χ3n) is 2.52. The molecule has 0 aromatic carbocycles. The molecule has 0 aliphatic heterocycles. The van der Waals surface area contributed by atoms with Crippen LogP contribution in [0.5, 0.6) is 0 Å². The van der Waals surface area contributed by atoms with E-state index in [-0.39, 0.29) is 12.0 Å². The van der Waals surface area contributed by atoms with Gasteiger partial charge in [0, 0.05) is 0 Å². The molecule has 2 rings (SSSR count). The van der Waals surface area contributed by atoms with E-state index in [0.29, 0.717) is 11.2 Å². The summed E-state index contributed by atoms with van der Waals surface area (Å²) < 4.78 is 29.9. The highest BCUT2D eigenvalue weighted by molar-refractivity contribution is 7.52. The molecule has 0 saturated heterocycles. The van der Waals surface area contributed by atoms with E-state index in [1.54, 1.807) is 0 Å². The van der Waals surface area contributed by atoms with E-state index in [1.807, 2.05) is 0 Å². The second-order valence-corrected chi connectivity index (χ2v) is 5.76. The number of nitrogens with zero attached hydrogens (tertiary/aromatic N) is 3. The number of alkyl halides is 1. The molecule has 0 bridgehead atoms. The standard InChI is InChI=1S/C9H13FN5O4P/c1-5(19-9(10)20(16,17)18)2-15-4-14-7(11)6-8(15)13-3-12-6/h3-5,9,11H,2H2,1H3,(H,12,13)(H2,16,17,18). The maximum absolute atomic E-state index is 13.1. The Kier molecular flexibility index (Phi) is 4.00. The van der Waals surface area contributed by atoms with Gasteiger partial charge in [-0.25, -0.2) is 14.4 Å². The van der Waals surface area contributed by atoms with Crippen LogP contribution in [0.15, 0.2) is 12.7 Å². The lowest BCUT2D eigenvalue weighted by Crippen LogP contribution is -2.23. The minimum Gasteiger partial charge on any atom is -0.340 e. The Balaban J connectivity index is 2.16. The fourth-order valence-electron chi connectivity index (χ4n) is 1.65. The largest absolute Gasteiger partial charge is 0.386 e. The molecule has 4 N–H and O–H groups in total. The first-order chi connectivity index (χ1) is 9.29. The predicted molar refractivity (Wildman–Crippen MR) is 65.2 cm³/mol. The zero-order chi connectivity index (χ0) is 14.9. The van der Waals surface area contributed by atoms with E-state index in [4.69, 9.17) is 15.2 Å². The highest BCUT2D eigenvalue weighted by atomic mass is 31.2. The van der Waals surface area contributed by atoms with Crippen LogP contribution in [0, 0.1) is 5.41 Å². The van der Waals surface area contributed by atoms with Crippen LogP contribution in [0.1, 0.15) is 6.92 Å². The molecule has 0 amide bonds. The molecule has 0 spiro atoms. The Bertz CT molecular complexity index is 710. The maximum atomic E-state index is 13.1. The van der Waals surface area contributed by atoms with Gasteiger partial charge in [-0.1, -0.05) is 0 Å². The number of halogens is 1. The number of hydrogen-bond acceptors (Lipinski definition) is 5. The summed E-state index contributed by atoms with van der Waals surface area (Å²) in [7, 11) is -4.92. The van der Waals surface area contributed by atoms with Crippen molar-refractivity contribution in [2.75, 3.05) is 0 Å². The molecule has 0 radical (unpaired) electrons. The second kappa shape index (κ2) is 5.41. The lowest BCUT2D eigenvalue weighted by molar-refractivity contribution is -0.0463. The number of H-pyrrole nitrogens is 1. The van der Waals surface area contributed by atoms with Crippen molar-refractivity contribution in [2.45, 2.75) is 25.7 Å². The summed E-state index contributed by atoms with van der Waals surface area (Å²) in [6, 6.07) is 0. The van der Waals surface area contributed by atoms with E-state index in [1.165, 1.54) is 24.1 Å². The van der Waals surface area contributed by atoms with Crippen molar-refractivity contribution < 1.29 is 23.5 Å². The first kappa shape index (κ1) is 14.8. The Morgan fingerprint density at radius 1 is 1.60 bits per heavy atom. The molecule has 11 heteroatoms. The Labute approximate surface area is 112 Å². The molecule has 0 fully saturated rings. The quantitative estimate of drug-likeness (QED) is 0.577.